The Balaban J connectivity index is 1.55. The fraction of sp³-hybridized carbons (Fsp3) is 0.167. The van der Waals surface area contributed by atoms with Gasteiger partial charge in [0.2, 0.25) is 0 Å². The second-order valence-electron chi connectivity index (χ2n) is 7.52. The number of nitrogens with one attached hydrogen (secondary N) is 1. The van der Waals surface area contributed by atoms with Crippen LogP contribution in [0, 0.1) is 6.92 Å². The zero-order valence-corrected chi connectivity index (χ0v) is 19.2. The minimum atomic E-state index is -0.162. The second-order valence-corrected chi connectivity index (χ2v) is 8.76. The molecule has 0 saturated carbocycles. The average molecular weight is 494 g/mol. The third-order valence-corrected chi connectivity index (χ3v) is 6.42. The summed E-state index contributed by atoms with van der Waals surface area (Å²) in [7, 11) is 0. The van der Waals surface area contributed by atoms with Crippen LogP contribution in [-0.2, 0) is 6.54 Å². The number of hydrogen-bond donors (Lipinski definition) is 1. The van der Waals surface area contributed by atoms with Crippen molar-refractivity contribution in [2.24, 2.45) is 0 Å². The zero-order valence-electron chi connectivity index (χ0n) is 16.8. The Kier molecular flexibility index (Phi) is 5.38. The predicted octanol–water partition coefficient (Wildman–Crippen LogP) is 6.18. The van der Waals surface area contributed by atoms with Crippen molar-refractivity contribution in [2.75, 3.05) is 0 Å². The van der Waals surface area contributed by atoms with E-state index in [0.717, 1.165) is 33.0 Å². The number of benzene rings is 1. The number of aryl methyl sites for hydroxylation is 1. The van der Waals surface area contributed by atoms with Crippen molar-refractivity contribution in [3.63, 3.8) is 0 Å². The van der Waals surface area contributed by atoms with E-state index in [1.807, 2.05) is 42.5 Å². The fourth-order valence-corrected chi connectivity index (χ4v) is 4.93. The van der Waals surface area contributed by atoms with Crippen molar-refractivity contribution in [1.82, 2.24) is 15.2 Å². The Hall–Kier alpha value is -2.90. The first-order valence-corrected chi connectivity index (χ1v) is 11.2. The van der Waals surface area contributed by atoms with E-state index < -0.39 is 0 Å². The first kappa shape index (κ1) is 20.0. The number of rotatable bonds is 5. The topological polar surface area (TPSA) is 54.4 Å². The minimum Gasteiger partial charge on any atom is -0.467 e. The predicted molar refractivity (Wildman–Crippen MR) is 126 cm³/mol. The van der Waals surface area contributed by atoms with Gasteiger partial charge in [0.15, 0.2) is 5.11 Å². The summed E-state index contributed by atoms with van der Waals surface area (Å²) in [5.41, 5.74) is 3.11. The molecule has 1 aliphatic heterocycles. The Morgan fingerprint density at radius 2 is 2.03 bits per heavy atom. The van der Waals surface area contributed by atoms with Crippen molar-refractivity contribution in [2.45, 2.75) is 25.6 Å². The molecule has 1 saturated heterocycles. The van der Waals surface area contributed by atoms with Gasteiger partial charge in [0.25, 0.3) is 0 Å². The van der Waals surface area contributed by atoms with Crippen molar-refractivity contribution < 1.29 is 8.83 Å². The molecule has 7 heteroatoms. The molecule has 5 nitrogen and oxygen atoms in total. The molecule has 0 spiro atoms. The number of thiocarbonyl (C=S) groups is 1. The maximum atomic E-state index is 6.39. The standard InChI is InChI=1S/C24H20BrN3O2S/c1-15-7-8-17(18(25)13-15)20-9-10-21(30-20)23-22(19-6-2-3-11-26-19)27-24(31)28(23)14-16-5-4-12-29-16/h2-13,22-23H,14H2,1H3,(H,27,31)/t22-,23+/m1/s1. The monoisotopic (exact) mass is 493 g/mol. The van der Waals surface area contributed by atoms with Crippen LogP contribution in [0.3, 0.4) is 0 Å². The minimum absolute atomic E-state index is 0.135. The van der Waals surface area contributed by atoms with E-state index in [9.17, 15) is 0 Å². The first-order valence-electron chi connectivity index (χ1n) is 9.97. The van der Waals surface area contributed by atoms with Crippen molar-refractivity contribution in [3.8, 4) is 11.3 Å². The van der Waals surface area contributed by atoms with Gasteiger partial charge >= 0.3 is 0 Å². The van der Waals surface area contributed by atoms with Crippen LogP contribution >= 0.6 is 28.1 Å². The molecule has 0 amide bonds. The van der Waals surface area contributed by atoms with E-state index in [0.29, 0.717) is 11.7 Å². The Bertz CT molecular complexity index is 1210. The summed E-state index contributed by atoms with van der Waals surface area (Å²) in [6.45, 7) is 2.61. The molecule has 1 aromatic carbocycles. The molecule has 1 fully saturated rings. The van der Waals surface area contributed by atoms with E-state index in [-0.39, 0.29) is 12.1 Å². The van der Waals surface area contributed by atoms with Gasteiger partial charge in [0, 0.05) is 16.2 Å². The first-order chi connectivity index (χ1) is 15.1. The number of aromatic nitrogens is 1. The summed E-state index contributed by atoms with van der Waals surface area (Å²) < 4.78 is 13.0. The number of pyridine rings is 1. The lowest BCUT2D eigenvalue weighted by atomic mass is 10.0. The molecule has 4 heterocycles. The number of furan rings is 2. The van der Waals surface area contributed by atoms with Gasteiger partial charge in [-0.1, -0.05) is 28.1 Å². The molecular weight excluding hydrogens is 474 g/mol. The third kappa shape index (κ3) is 3.91. The number of nitrogens with zero attached hydrogens (tertiary/aromatic N) is 2. The van der Waals surface area contributed by atoms with Crippen molar-refractivity contribution in [1.29, 1.82) is 0 Å². The highest BCUT2D eigenvalue weighted by atomic mass is 79.9. The van der Waals surface area contributed by atoms with Crippen LogP contribution in [-0.4, -0.2) is 15.0 Å². The lowest BCUT2D eigenvalue weighted by molar-refractivity contribution is 0.253. The van der Waals surface area contributed by atoms with Gasteiger partial charge in [0.05, 0.1) is 24.5 Å². The molecule has 1 N–H and O–H groups in total. The summed E-state index contributed by atoms with van der Waals surface area (Å²) in [6.07, 6.45) is 3.47. The van der Waals surface area contributed by atoms with Crippen LogP contribution in [0.4, 0.5) is 0 Å². The number of hydrogen-bond acceptors (Lipinski definition) is 4. The highest BCUT2D eigenvalue weighted by Crippen LogP contribution is 2.42. The Morgan fingerprint density at radius 1 is 1.13 bits per heavy atom. The highest BCUT2D eigenvalue weighted by molar-refractivity contribution is 9.10. The normalized spacial score (nSPS) is 18.4. The van der Waals surface area contributed by atoms with Crippen LogP contribution in [0.25, 0.3) is 11.3 Å². The molecule has 3 aromatic heterocycles. The zero-order chi connectivity index (χ0) is 21.4. The summed E-state index contributed by atoms with van der Waals surface area (Å²) in [4.78, 5) is 6.67. The summed E-state index contributed by atoms with van der Waals surface area (Å²) >= 11 is 9.36. The maximum Gasteiger partial charge on any atom is 0.170 e. The van der Waals surface area contributed by atoms with E-state index in [1.165, 1.54) is 5.56 Å². The van der Waals surface area contributed by atoms with Gasteiger partial charge < -0.3 is 19.1 Å². The molecule has 5 rings (SSSR count). The van der Waals surface area contributed by atoms with Crippen LogP contribution in [0.15, 0.2) is 86.4 Å². The van der Waals surface area contributed by atoms with Crippen molar-refractivity contribution >= 4 is 33.3 Å². The summed E-state index contributed by atoms with van der Waals surface area (Å²) in [6, 6.07) is 19.7. The Morgan fingerprint density at radius 3 is 2.77 bits per heavy atom. The van der Waals surface area contributed by atoms with Gasteiger partial charge in [-0.25, -0.2) is 0 Å². The van der Waals surface area contributed by atoms with Crippen LogP contribution in [0.2, 0.25) is 0 Å². The molecule has 1 aliphatic rings. The lowest BCUT2D eigenvalue weighted by Crippen LogP contribution is -2.28. The molecular formula is C24H20BrN3O2S. The molecule has 0 unspecified atom stereocenters. The van der Waals surface area contributed by atoms with Crippen LogP contribution < -0.4 is 5.32 Å². The molecule has 2 atom stereocenters. The molecule has 0 bridgehead atoms. The maximum absolute atomic E-state index is 6.39. The third-order valence-electron chi connectivity index (χ3n) is 5.41. The molecule has 156 valence electrons. The van der Waals surface area contributed by atoms with E-state index in [2.05, 4.69) is 56.3 Å². The summed E-state index contributed by atoms with van der Waals surface area (Å²) in [5.74, 6) is 2.46. The van der Waals surface area contributed by atoms with Crippen LogP contribution in [0.5, 0.6) is 0 Å². The van der Waals surface area contributed by atoms with Crippen LogP contribution in [0.1, 0.15) is 34.9 Å². The van der Waals surface area contributed by atoms with Crippen molar-refractivity contribution in [3.05, 3.63) is 100 Å². The Labute approximate surface area is 194 Å². The van der Waals surface area contributed by atoms with Gasteiger partial charge in [-0.15, -0.1) is 0 Å². The van der Waals surface area contributed by atoms with E-state index in [1.54, 1.807) is 12.5 Å². The van der Waals surface area contributed by atoms with E-state index in [4.69, 9.17) is 21.1 Å². The lowest BCUT2D eigenvalue weighted by Gasteiger charge is -2.25. The average Bonchev–Trinajstić information content (AvgIpc) is 3.51. The SMILES string of the molecule is Cc1ccc(-c2ccc([C@H]3[C@@H](c4ccccn4)NC(=S)N3Cc3ccco3)o2)c(Br)c1. The molecule has 0 aliphatic carbocycles. The van der Waals surface area contributed by atoms with Gasteiger partial charge in [-0.2, -0.15) is 0 Å². The van der Waals surface area contributed by atoms with E-state index >= 15 is 0 Å². The fourth-order valence-electron chi connectivity index (χ4n) is 3.93. The molecule has 0 radical (unpaired) electrons. The highest BCUT2D eigenvalue weighted by Gasteiger charge is 2.42. The molecule has 4 aromatic rings. The quantitative estimate of drug-likeness (QED) is 0.335. The largest absolute Gasteiger partial charge is 0.467 e. The second kappa shape index (κ2) is 8.32. The van der Waals surface area contributed by atoms with Gasteiger partial charge in [-0.3, -0.25) is 4.98 Å². The summed E-state index contributed by atoms with van der Waals surface area (Å²) in [5, 5.41) is 4.08. The smallest absolute Gasteiger partial charge is 0.170 e. The number of halogens is 1. The van der Waals surface area contributed by atoms with Gasteiger partial charge in [-0.05, 0) is 73.2 Å². The van der Waals surface area contributed by atoms with Gasteiger partial charge in [0.1, 0.15) is 23.3 Å². The molecule has 31 heavy (non-hydrogen) atoms.